The maximum atomic E-state index is 12.3. The van der Waals surface area contributed by atoms with Gasteiger partial charge in [-0.1, -0.05) is 0 Å². The van der Waals surface area contributed by atoms with Crippen molar-refractivity contribution in [3.05, 3.63) is 18.5 Å². The van der Waals surface area contributed by atoms with E-state index in [0.717, 1.165) is 32.4 Å². The van der Waals surface area contributed by atoms with Gasteiger partial charge in [-0.25, -0.2) is 9.97 Å². The summed E-state index contributed by atoms with van der Waals surface area (Å²) in [5.74, 6) is -0.419. The number of carbonyl (C=O) groups is 3. The Bertz CT molecular complexity index is 660. The van der Waals surface area contributed by atoms with Crippen molar-refractivity contribution in [1.29, 1.82) is 0 Å². The fourth-order valence-corrected chi connectivity index (χ4v) is 3.46. The summed E-state index contributed by atoms with van der Waals surface area (Å²) in [5, 5.41) is 8.30. The normalized spacial score (nSPS) is 20.7. The average molecular weight is 374 g/mol. The largest absolute Gasteiger partial charge is 0.355 e. The summed E-state index contributed by atoms with van der Waals surface area (Å²) in [5.41, 5.74) is 0. The molecule has 9 heteroatoms. The maximum Gasteiger partial charge on any atom is 0.232 e. The van der Waals surface area contributed by atoms with Gasteiger partial charge in [0.2, 0.25) is 23.7 Å². The number of nitrogens with one attached hydrogen (secondary N) is 3. The number of amides is 3. The molecule has 0 aliphatic carbocycles. The van der Waals surface area contributed by atoms with Gasteiger partial charge in [0.25, 0.3) is 0 Å². The van der Waals surface area contributed by atoms with E-state index < -0.39 is 5.92 Å². The van der Waals surface area contributed by atoms with Crippen molar-refractivity contribution in [3.8, 4) is 0 Å². The highest BCUT2D eigenvalue weighted by molar-refractivity contribution is 6.00. The minimum absolute atomic E-state index is 0.00767. The smallest absolute Gasteiger partial charge is 0.232 e. The molecule has 0 spiro atoms. The summed E-state index contributed by atoms with van der Waals surface area (Å²) in [6, 6.07) is 1.78. The number of hydrogen-bond acceptors (Lipinski definition) is 6. The lowest BCUT2D eigenvalue weighted by Gasteiger charge is -2.31. The van der Waals surface area contributed by atoms with Gasteiger partial charge in [-0.15, -0.1) is 0 Å². The lowest BCUT2D eigenvalue weighted by Crippen LogP contribution is -2.47. The van der Waals surface area contributed by atoms with Gasteiger partial charge < -0.3 is 20.9 Å². The van der Waals surface area contributed by atoms with Crippen molar-refractivity contribution in [2.24, 2.45) is 11.8 Å². The Kier molecular flexibility index (Phi) is 6.56. The van der Waals surface area contributed by atoms with Crippen LogP contribution >= 0.6 is 0 Å². The summed E-state index contributed by atoms with van der Waals surface area (Å²) in [7, 11) is 0. The van der Waals surface area contributed by atoms with Gasteiger partial charge in [-0.05, 0) is 31.7 Å². The van der Waals surface area contributed by atoms with Crippen LogP contribution < -0.4 is 20.9 Å². The van der Waals surface area contributed by atoms with Gasteiger partial charge in [0, 0.05) is 51.0 Å². The van der Waals surface area contributed by atoms with E-state index >= 15 is 0 Å². The van der Waals surface area contributed by atoms with E-state index in [1.807, 2.05) is 0 Å². The van der Waals surface area contributed by atoms with Crippen molar-refractivity contribution < 1.29 is 14.4 Å². The number of rotatable bonds is 6. The zero-order chi connectivity index (χ0) is 19.1. The van der Waals surface area contributed by atoms with Crippen molar-refractivity contribution in [2.75, 3.05) is 37.6 Å². The molecule has 2 aliphatic rings. The first-order valence-corrected chi connectivity index (χ1v) is 9.50. The van der Waals surface area contributed by atoms with Crippen LogP contribution in [-0.4, -0.2) is 60.4 Å². The molecule has 1 aromatic rings. The summed E-state index contributed by atoms with van der Waals surface area (Å²) >= 11 is 0. The Morgan fingerprint density at radius 3 is 2.41 bits per heavy atom. The molecule has 2 saturated heterocycles. The molecule has 0 aromatic carbocycles. The average Bonchev–Trinajstić information content (AvgIpc) is 2.72. The second-order valence-corrected chi connectivity index (χ2v) is 6.88. The summed E-state index contributed by atoms with van der Waals surface area (Å²) < 4.78 is 0. The molecule has 3 amide bonds. The first kappa shape index (κ1) is 19.1. The Labute approximate surface area is 158 Å². The van der Waals surface area contributed by atoms with Crippen molar-refractivity contribution in [2.45, 2.75) is 25.7 Å². The minimum Gasteiger partial charge on any atom is -0.355 e. The third-order valence-corrected chi connectivity index (χ3v) is 5.03. The molecule has 146 valence electrons. The molecule has 1 atom stereocenters. The third kappa shape index (κ3) is 5.15. The summed E-state index contributed by atoms with van der Waals surface area (Å²) in [6.07, 6.45) is 6.32. The molecule has 0 saturated carbocycles. The predicted molar refractivity (Wildman–Crippen MR) is 98.7 cm³/mol. The van der Waals surface area contributed by atoms with Gasteiger partial charge >= 0.3 is 0 Å². The molecule has 0 radical (unpaired) electrons. The number of piperidine rings is 2. The van der Waals surface area contributed by atoms with Crippen molar-refractivity contribution >= 4 is 23.7 Å². The van der Waals surface area contributed by atoms with Crippen molar-refractivity contribution in [1.82, 2.24) is 25.9 Å². The van der Waals surface area contributed by atoms with Crippen LogP contribution in [0.15, 0.2) is 18.5 Å². The maximum absolute atomic E-state index is 12.3. The molecule has 2 fully saturated rings. The molecule has 0 bridgehead atoms. The lowest BCUT2D eigenvalue weighted by molar-refractivity contribution is -0.137. The molecule has 3 heterocycles. The number of anilines is 1. The molecule has 9 nitrogen and oxygen atoms in total. The van der Waals surface area contributed by atoms with E-state index in [2.05, 4.69) is 30.8 Å². The van der Waals surface area contributed by atoms with Crippen LogP contribution in [0.5, 0.6) is 0 Å². The first-order valence-electron chi connectivity index (χ1n) is 9.50. The molecular formula is C18H26N6O3. The van der Waals surface area contributed by atoms with Crippen LogP contribution in [0.4, 0.5) is 5.95 Å². The van der Waals surface area contributed by atoms with Crippen LogP contribution in [0.25, 0.3) is 0 Å². The third-order valence-electron chi connectivity index (χ3n) is 5.03. The molecule has 0 unspecified atom stereocenters. The van der Waals surface area contributed by atoms with E-state index in [1.165, 1.54) is 0 Å². The Hall–Kier alpha value is -2.71. The van der Waals surface area contributed by atoms with Crippen LogP contribution in [0, 0.1) is 11.8 Å². The van der Waals surface area contributed by atoms with Gasteiger partial charge in [-0.2, -0.15) is 0 Å². The van der Waals surface area contributed by atoms with Crippen molar-refractivity contribution in [3.63, 3.8) is 0 Å². The Balaban J connectivity index is 1.33. The Morgan fingerprint density at radius 1 is 1.07 bits per heavy atom. The number of aromatic nitrogens is 2. The van der Waals surface area contributed by atoms with Gasteiger partial charge in [0.1, 0.15) is 5.92 Å². The van der Waals surface area contributed by atoms with Gasteiger partial charge in [0.05, 0.1) is 0 Å². The van der Waals surface area contributed by atoms with Crippen LogP contribution in [-0.2, 0) is 14.4 Å². The highest BCUT2D eigenvalue weighted by atomic mass is 16.2. The topological polar surface area (TPSA) is 116 Å². The number of nitrogens with zero attached hydrogens (tertiary/aromatic N) is 3. The predicted octanol–water partition coefficient (Wildman–Crippen LogP) is -0.548. The van der Waals surface area contributed by atoms with Gasteiger partial charge in [-0.3, -0.25) is 14.4 Å². The SMILES string of the molecule is O=C(NCCNC(=O)[C@@H]1CCCNC1=O)C1CCN(c2ncccn2)CC1. The zero-order valence-corrected chi connectivity index (χ0v) is 15.3. The summed E-state index contributed by atoms with van der Waals surface area (Å²) in [6.45, 7) is 2.81. The fraction of sp³-hybridized carbons (Fsp3) is 0.611. The van der Waals surface area contributed by atoms with Crippen LogP contribution in [0.2, 0.25) is 0 Å². The van der Waals surface area contributed by atoms with E-state index in [9.17, 15) is 14.4 Å². The van der Waals surface area contributed by atoms with Gasteiger partial charge in [0.15, 0.2) is 0 Å². The quantitative estimate of drug-likeness (QED) is 0.455. The van der Waals surface area contributed by atoms with Crippen LogP contribution in [0.1, 0.15) is 25.7 Å². The molecule has 3 rings (SSSR count). The standard InChI is InChI=1S/C18H26N6O3/c25-15(13-4-11-24(12-5-13)18-22-7-2-8-23-18)20-9-10-21-17(27)14-3-1-6-19-16(14)26/h2,7-8,13-14H,1,3-6,9-12H2,(H,19,26)(H,20,25)(H,21,27)/t14-/m1/s1. The Morgan fingerprint density at radius 2 is 1.74 bits per heavy atom. The highest BCUT2D eigenvalue weighted by Gasteiger charge is 2.29. The minimum atomic E-state index is -0.612. The second-order valence-electron chi connectivity index (χ2n) is 6.88. The van der Waals surface area contributed by atoms with E-state index in [4.69, 9.17) is 0 Å². The zero-order valence-electron chi connectivity index (χ0n) is 15.3. The molecular weight excluding hydrogens is 348 g/mol. The van der Waals surface area contributed by atoms with Crippen LogP contribution in [0.3, 0.4) is 0 Å². The first-order chi connectivity index (χ1) is 13.1. The summed E-state index contributed by atoms with van der Waals surface area (Å²) in [4.78, 5) is 46.5. The highest BCUT2D eigenvalue weighted by Crippen LogP contribution is 2.20. The fourth-order valence-electron chi connectivity index (χ4n) is 3.46. The lowest BCUT2D eigenvalue weighted by atomic mass is 9.96. The molecule has 1 aromatic heterocycles. The second kappa shape index (κ2) is 9.29. The monoisotopic (exact) mass is 374 g/mol. The molecule has 3 N–H and O–H groups in total. The molecule has 2 aliphatic heterocycles. The van der Waals surface area contributed by atoms with E-state index in [-0.39, 0.29) is 23.6 Å². The van der Waals surface area contributed by atoms with E-state index in [0.29, 0.717) is 32.0 Å². The molecule has 27 heavy (non-hydrogen) atoms. The number of hydrogen-bond donors (Lipinski definition) is 3. The van der Waals surface area contributed by atoms with E-state index in [1.54, 1.807) is 18.5 Å². The number of carbonyl (C=O) groups excluding carboxylic acids is 3.